The fourth-order valence-corrected chi connectivity index (χ4v) is 1.18. The van der Waals surface area contributed by atoms with Gasteiger partial charge in [-0.1, -0.05) is 26.8 Å². The maximum absolute atomic E-state index is 12.9. The second-order valence-corrected chi connectivity index (χ2v) is 3.36. The zero-order chi connectivity index (χ0) is 15.1. The van der Waals surface area contributed by atoms with Crippen LogP contribution in [0.15, 0.2) is 23.7 Å². The number of hydrogen-bond acceptors (Lipinski definition) is 3. The molecule has 3 nitrogen and oxygen atoms in total. The standard InChI is InChI=1S/C10H13F4NO2.C2H6/c1-2-7-8(5-3-4-6-15)17-10(13,14)9(11,12)16-7;1-2/h3,5H,2,4,6,15H2,1H3;1-2H3/b5-3-;. The van der Waals surface area contributed by atoms with Crippen molar-refractivity contribution in [3.8, 4) is 0 Å². The summed E-state index contributed by atoms with van der Waals surface area (Å²) in [6.45, 7) is 5.81. The van der Waals surface area contributed by atoms with E-state index >= 15 is 0 Å². The average molecular weight is 285 g/mol. The fraction of sp³-hybridized carbons (Fsp3) is 0.667. The Bertz CT molecular complexity index is 341. The van der Waals surface area contributed by atoms with Crippen LogP contribution in [0.1, 0.15) is 33.6 Å². The molecular formula is C12H19F4NO2. The Morgan fingerprint density at radius 3 is 2.11 bits per heavy atom. The molecule has 0 fully saturated rings. The lowest BCUT2D eigenvalue weighted by Crippen LogP contribution is -2.47. The summed E-state index contributed by atoms with van der Waals surface area (Å²) in [5.74, 6) is -0.703. The van der Waals surface area contributed by atoms with Crippen LogP contribution in [0.25, 0.3) is 0 Å². The molecule has 7 heteroatoms. The van der Waals surface area contributed by atoms with Crippen LogP contribution in [0.4, 0.5) is 17.6 Å². The van der Waals surface area contributed by atoms with Crippen molar-refractivity contribution in [2.75, 3.05) is 6.54 Å². The number of rotatable bonds is 4. The third kappa shape index (κ3) is 4.41. The molecule has 0 saturated carbocycles. The van der Waals surface area contributed by atoms with Crippen molar-refractivity contribution in [1.82, 2.24) is 0 Å². The average Bonchev–Trinajstić information content (AvgIpc) is 2.36. The summed E-state index contributed by atoms with van der Waals surface area (Å²) < 4.78 is 59.3. The molecule has 0 bridgehead atoms. The SMILES string of the molecule is CC.CCC1=C(/C=C\CCN)OC(F)(F)C(F)(F)O1. The fourth-order valence-electron chi connectivity index (χ4n) is 1.18. The highest BCUT2D eigenvalue weighted by Crippen LogP contribution is 2.44. The summed E-state index contributed by atoms with van der Waals surface area (Å²) in [6, 6.07) is 0. The van der Waals surface area contributed by atoms with E-state index in [4.69, 9.17) is 5.73 Å². The minimum absolute atomic E-state index is 0.0218. The predicted molar refractivity (Wildman–Crippen MR) is 63.5 cm³/mol. The molecular weight excluding hydrogens is 266 g/mol. The number of alkyl halides is 4. The van der Waals surface area contributed by atoms with Crippen molar-refractivity contribution >= 4 is 0 Å². The second kappa shape index (κ2) is 7.37. The second-order valence-electron chi connectivity index (χ2n) is 3.36. The molecule has 1 aliphatic rings. The van der Waals surface area contributed by atoms with E-state index in [0.717, 1.165) is 6.08 Å². The van der Waals surface area contributed by atoms with E-state index < -0.39 is 18.0 Å². The lowest BCUT2D eigenvalue weighted by atomic mass is 10.2. The van der Waals surface area contributed by atoms with E-state index in [2.05, 4.69) is 9.47 Å². The first-order chi connectivity index (χ1) is 8.84. The van der Waals surface area contributed by atoms with E-state index in [1.54, 1.807) is 0 Å². The van der Waals surface area contributed by atoms with Crippen molar-refractivity contribution in [3.63, 3.8) is 0 Å². The van der Waals surface area contributed by atoms with Gasteiger partial charge in [0.15, 0.2) is 5.76 Å². The molecule has 0 atom stereocenters. The van der Waals surface area contributed by atoms with Crippen LogP contribution < -0.4 is 5.73 Å². The van der Waals surface area contributed by atoms with Gasteiger partial charge < -0.3 is 15.2 Å². The molecule has 2 N–H and O–H groups in total. The first-order valence-corrected chi connectivity index (χ1v) is 6.07. The number of hydrogen-bond donors (Lipinski definition) is 1. The Balaban J connectivity index is 0.00000154. The Labute approximate surface area is 110 Å². The Kier molecular flexibility index (Phi) is 6.89. The molecule has 0 spiro atoms. The third-order valence-electron chi connectivity index (χ3n) is 2.03. The monoisotopic (exact) mass is 285 g/mol. The first-order valence-electron chi connectivity index (χ1n) is 6.07. The normalized spacial score (nSPS) is 20.4. The van der Waals surface area contributed by atoms with Gasteiger partial charge in [0.2, 0.25) is 0 Å². The van der Waals surface area contributed by atoms with Crippen LogP contribution in [0.5, 0.6) is 0 Å². The molecule has 0 saturated heterocycles. The van der Waals surface area contributed by atoms with E-state index in [0.29, 0.717) is 13.0 Å². The van der Waals surface area contributed by atoms with E-state index in [1.807, 2.05) is 13.8 Å². The van der Waals surface area contributed by atoms with Crippen molar-refractivity contribution in [1.29, 1.82) is 0 Å². The van der Waals surface area contributed by atoms with Crippen molar-refractivity contribution < 1.29 is 27.0 Å². The van der Waals surface area contributed by atoms with E-state index in [9.17, 15) is 17.6 Å². The highest BCUT2D eigenvalue weighted by atomic mass is 19.3. The zero-order valence-corrected chi connectivity index (χ0v) is 11.2. The Morgan fingerprint density at radius 1 is 1.11 bits per heavy atom. The molecule has 0 aliphatic carbocycles. The van der Waals surface area contributed by atoms with Gasteiger partial charge in [-0.05, 0) is 19.0 Å². The van der Waals surface area contributed by atoms with E-state index in [1.165, 1.54) is 13.0 Å². The molecule has 0 amide bonds. The number of halogens is 4. The van der Waals surface area contributed by atoms with Crippen LogP contribution in [0, 0.1) is 0 Å². The van der Waals surface area contributed by atoms with Crippen molar-refractivity contribution in [3.05, 3.63) is 23.7 Å². The quantitative estimate of drug-likeness (QED) is 0.800. The molecule has 1 rings (SSSR count). The van der Waals surface area contributed by atoms with Gasteiger partial charge in [-0.15, -0.1) is 0 Å². The molecule has 0 unspecified atom stereocenters. The molecule has 1 heterocycles. The molecule has 0 aromatic carbocycles. The number of ether oxygens (including phenoxy) is 2. The summed E-state index contributed by atoms with van der Waals surface area (Å²) in [5, 5.41) is 0. The highest BCUT2D eigenvalue weighted by Gasteiger charge is 2.65. The Morgan fingerprint density at radius 2 is 1.63 bits per heavy atom. The lowest BCUT2D eigenvalue weighted by molar-refractivity contribution is -0.426. The molecule has 0 aromatic rings. The largest absolute Gasteiger partial charge is 0.507 e. The molecule has 19 heavy (non-hydrogen) atoms. The van der Waals surface area contributed by atoms with Gasteiger partial charge in [0.25, 0.3) is 0 Å². The topological polar surface area (TPSA) is 44.5 Å². The summed E-state index contributed by atoms with van der Waals surface area (Å²) in [4.78, 5) is 0. The van der Waals surface area contributed by atoms with Gasteiger partial charge >= 0.3 is 12.2 Å². The van der Waals surface area contributed by atoms with Crippen LogP contribution in [0.2, 0.25) is 0 Å². The number of allylic oxidation sites excluding steroid dienone is 2. The van der Waals surface area contributed by atoms with Crippen LogP contribution >= 0.6 is 0 Å². The van der Waals surface area contributed by atoms with E-state index in [-0.39, 0.29) is 12.2 Å². The van der Waals surface area contributed by atoms with Gasteiger partial charge in [0.1, 0.15) is 5.76 Å². The Hall–Kier alpha value is -1.24. The van der Waals surface area contributed by atoms with Crippen molar-refractivity contribution in [2.24, 2.45) is 5.73 Å². The van der Waals surface area contributed by atoms with Crippen LogP contribution in [-0.2, 0) is 9.47 Å². The summed E-state index contributed by atoms with van der Waals surface area (Å²) in [7, 11) is 0. The maximum atomic E-state index is 12.9. The van der Waals surface area contributed by atoms with Gasteiger partial charge in [-0.3, -0.25) is 0 Å². The molecule has 112 valence electrons. The molecule has 0 radical (unpaired) electrons. The summed E-state index contributed by atoms with van der Waals surface area (Å²) >= 11 is 0. The van der Waals surface area contributed by atoms with Gasteiger partial charge in [0, 0.05) is 6.42 Å². The predicted octanol–water partition coefficient (Wildman–Crippen LogP) is 3.77. The summed E-state index contributed by atoms with van der Waals surface area (Å²) in [6.07, 6.45) is -6.26. The van der Waals surface area contributed by atoms with Gasteiger partial charge in [0.05, 0.1) is 0 Å². The van der Waals surface area contributed by atoms with Gasteiger partial charge in [-0.2, -0.15) is 17.6 Å². The molecule has 1 aliphatic heterocycles. The maximum Gasteiger partial charge on any atom is 0.507 e. The zero-order valence-electron chi connectivity index (χ0n) is 11.2. The lowest BCUT2D eigenvalue weighted by Gasteiger charge is -2.32. The van der Waals surface area contributed by atoms with Crippen LogP contribution in [-0.4, -0.2) is 18.8 Å². The van der Waals surface area contributed by atoms with Crippen molar-refractivity contribution in [2.45, 2.75) is 45.8 Å². The molecule has 0 aromatic heterocycles. The smallest absolute Gasteiger partial charge is 0.426 e. The third-order valence-corrected chi connectivity index (χ3v) is 2.03. The van der Waals surface area contributed by atoms with Crippen LogP contribution in [0.3, 0.4) is 0 Å². The minimum Gasteiger partial charge on any atom is -0.426 e. The summed E-state index contributed by atoms with van der Waals surface area (Å²) in [5.41, 5.74) is 5.20. The minimum atomic E-state index is -4.67. The highest BCUT2D eigenvalue weighted by molar-refractivity contribution is 5.19. The van der Waals surface area contributed by atoms with Gasteiger partial charge in [-0.25, -0.2) is 0 Å². The first kappa shape index (κ1) is 17.8. The number of nitrogens with two attached hydrogens (primary N) is 1.